The summed E-state index contributed by atoms with van der Waals surface area (Å²) in [6, 6.07) is 23.6. The van der Waals surface area contributed by atoms with Crippen LogP contribution in [0.2, 0.25) is 0 Å². The molecule has 1 aromatic heterocycles. The zero-order chi connectivity index (χ0) is 21.8. The van der Waals surface area contributed by atoms with E-state index >= 15 is 0 Å². The molecule has 7 nitrogen and oxygen atoms in total. The van der Waals surface area contributed by atoms with E-state index in [2.05, 4.69) is 5.16 Å². The van der Waals surface area contributed by atoms with E-state index < -0.39 is 6.09 Å². The topological polar surface area (TPSA) is 74.0 Å². The second-order valence-corrected chi connectivity index (χ2v) is 7.48. The number of hydrogen-bond acceptors (Lipinski definition) is 6. The largest absolute Gasteiger partial charge is 0.488 e. The number of nitrogens with zero attached hydrogens (tertiary/aromatic N) is 2. The number of amides is 1. The molecule has 1 aliphatic rings. The van der Waals surface area contributed by atoms with Gasteiger partial charge in [-0.15, -0.1) is 0 Å². The molecular weight excluding hydrogens is 408 g/mol. The highest BCUT2D eigenvalue weighted by Gasteiger charge is 2.29. The van der Waals surface area contributed by atoms with Crippen molar-refractivity contribution in [2.45, 2.75) is 19.8 Å². The van der Waals surface area contributed by atoms with Gasteiger partial charge in [0, 0.05) is 11.6 Å². The molecule has 32 heavy (non-hydrogen) atoms. The molecule has 0 bridgehead atoms. The van der Waals surface area contributed by atoms with Gasteiger partial charge in [-0.25, -0.2) is 4.79 Å². The smallest absolute Gasteiger partial charge is 0.415 e. The summed E-state index contributed by atoms with van der Waals surface area (Å²) in [5.41, 5.74) is 3.53. The van der Waals surface area contributed by atoms with Crippen molar-refractivity contribution in [3.63, 3.8) is 0 Å². The summed E-state index contributed by atoms with van der Waals surface area (Å²) in [6.45, 7) is 2.00. The monoisotopic (exact) mass is 430 g/mol. The van der Waals surface area contributed by atoms with Crippen molar-refractivity contribution in [1.82, 2.24) is 5.16 Å². The van der Waals surface area contributed by atoms with E-state index in [4.69, 9.17) is 18.7 Å². The van der Waals surface area contributed by atoms with Crippen LogP contribution in [0.3, 0.4) is 0 Å². The highest BCUT2D eigenvalue weighted by atomic mass is 16.6. The Morgan fingerprint density at radius 1 is 0.906 bits per heavy atom. The van der Waals surface area contributed by atoms with Gasteiger partial charge in [-0.1, -0.05) is 65.8 Å². The molecule has 5 rings (SSSR count). The SMILES string of the molecule is O=C1OCCN1c1noc2cc(OCc3ccccc3)c(COCc3ccccc3)cc12. The molecule has 1 fully saturated rings. The van der Waals surface area contributed by atoms with Crippen LogP contribution in [0.5, 0.6) is 5.75 Å². The van der Waals surface area contributed by atoms with Crippen LogP contribution in [-0.4, -0.2) is 24.4 Å². The van der Waals surface area contributed by atoms with Crippen LogP contribution in [0.1, 0.15) is 16.7 Å². The van der Waals surface area contributed by atoms with Crippen molar-refractivity contribution in [2.24, 2.45) is 0 Å². The summed E-state index contributed by atoms with van der Waals surface area (Å²) in [5, 5.41) is 4.83. The third-order valence-electron chi connectivity index (χ3n) is 5.26. The number of aromatic nitrogens is 1. The fourth-order valence-electron chi connectivity index (χ4n) is 3.61. The zero-order valence-electron chi connectivity index (χ0n) is 17.4. The van der Waals surface area contributed by atoms with E-state index in [9.17, 15) is 4.79 Å². The summed E-state index contributed by atoms with van der Waals surface area (Å²) in [5.74, 6) is 1.10. The Balaban J connectivity index is 1.42. The average molecular weight is 430 g/mol. The Labute approximate surface area is 185 Å². The van der Waals surface area contributed by atoms with E-state index in [0.29, 0.717) is 55.5 Å². The van der Waals surface area contributed by atoms with E-state index in [1.807, 2.05) is 66.7 Å². The first-order valence-electron chi connectivity index (χ1n) is 10.4. The molecule has 1 saturated heterocycles. The molecule has 0 spiro atoms. The molecule has 7 heteroatoms. The highest BCUT2D eigenvalue weighted by Crippen LogP contribution is 2.34. The molecule has 3 aromatic carbocycles. The maximum atomic E-state index is 12.0. The summed E-state index contributed by atoms with van der Waals surface area (Å²) >= 11 is 0. The summed E-state index contributed by atoms with van der Waals surface area (Å²) in [4.78, 5) is 13.5. The maximum Gasteiger partial charge on any atom is 0.415 e. The number of anilines is 1. The first-order chi connectivity index (χ1) is 15.8. The number of carbonyl (C=O) groups is 1. The normalized spacial score (nSPS) is 13.5. The van der Waals surface area contributed by atoms with Crippen molar-refractivity contribution in [3.8, 4) is 5.75 Å². The van der Waals surface area contributed by atoms with Gasteiger partial charge < -0.3 is 18.7 Å². The molecule has 4 aromatic rings. The molecule has 0 radical (unpaired) electrons. The Kier molecular flexibility index (Phi) is 5.72. The number of hydrogen-bond donors (Lipinski definition) is 0. The van der Waals surface area contributed by atoms with E-state index in [0.717, 1.165) is 16.7 Å². The van der Waals surface area contributed by atoms with Gasteiger partial charge in [-0.3, -0.25) is 4.90 Å². The molecule has 0 unspecified atom stereocenters. The predicted octanol–water partition coefficient (Wildman–Crippen LogP) is 5.08. The van der Waals surface area contributed by atoms with Crippen molar-refractivity contribution in [1.29, 1.82) is 0 Å². The van der Waals surface area contributed by atoms with Gasteiger partial charge >= 0.3 is 6.09 Å². The molecule has 1 aliphatic heterocycles. The molecular formula is C25H22N2O5. The molecule has 1 amide bonds. The molecule has 162 valence electrons. The first-order valence-corrected chi connectivity index (χ1v) is 10.4. The molecule has 2 heterocycles. The summed E-state index contributed by atoms with van der Waals surface area (Å²) < 4.78 is 22.7. The van der Waals surface area contributed by atoms with Crippen LogP contribution in [0.4, 0.5) is 10.6 Å². The Morgan fingerprint density at radius 3 is 2.31 bits per heavy atom. The number of ether oxygens (including phenoxy) is 3. The molecule has 0 N–H and O–H groups in total. The van der Waals surface area contributed by atoms with Gasteiger partial charge in [0.05, 0.1) is 25.1 Å². The van der Waals surface area contributed by atoms with Crippen LogP contribution in [0.25, 0.3) is 11.0 Å². The van der Waals surface area contributed by atoms with Crippen molar-refractivity contribution in [2.75, 3.05) is 18.1 Å². The second kappa shape index (κ2) is 9.11. The predicted molar refractivity (Wildman–Crippen MR) is 118 cm³/mol. The van der Waals surface area contributed by atoms with Gasteiger partial charge in [-0.05, 0) is 17.2 Å². The highest BCUT2D eigenvalue weighted by molar-refractivity contribution is 5.99. The lowest BCUT2D eigenvalue weighted by Crippen LogP contribution is -2.23. The lowest BCUT2D eigenvalue weighted by Gasteiger charge is -2.13. The van der Waals surface area contributed by atoms with Gasteiger partial charge in [-0.2, -0.15) is 0 Å². The molecule has 0 atom stereocenters. The summed E-state index contributed by atoms with van der Waals surface area (Å²) in [6.07, 6.45) is -0.425. The first kappa shape index (κ1) is 20.1. The fourth-order valence-corrected chi connectivity index (χ4v) is 3.61. The van der Waals surface area contributed by atoms with E-state index in [-0.39, 0.29) is 0 Å². The molecule has 0 aliphatic carbocycles. The van der Waals surface area contributed by atoms with Crippen molar-refractivity contribution >= 4 is 22.9 Å². The Hall–Kier alpha value is -3.84. The Morgan fingerprint density at radius 2 is 1.62 bits per heavy atom. The minimum Gasteiger partial charge on any atom is -0.488 e. The van der Waals surface area contributed by atoms with E-state index in [1.54, 1.807) is 6.07 Å². The maximum absolute atomic E-state index is 12.0. The van der Waals surface area contributed by atoms with Crippen molar-refractivity contribution < 1.29 is 23.5 Å². The quantitative estimate of drug-likeness (QED) is 0.388. The van der Waals surface area contributed by atoms with Gasteiger partial charge in [0.25, 0.3) is 0 Å². The number of rotatable bonds is 8. The van der Waals surface area contributed by atoms with Crippen LogP contribution in [0, 0.1) is 0 Å². The van der Waals surface area contributed by atoms with Crippen LogP contribution in [-0.2, 0) is 29.3 Å². The van der Waals surface area contributed by atoms with Crippen LogP contribution in [0.15, 0.2) is 77.3 Å². The lowest BCUT2D eigenvalue weighted by atomic mass is 10.1. The lowest BCUT2D eigenvalue weighted by molar-refractivity contribution is 0.104. The van der Waals surface area contributed by atoms with Crippen LogP contribution >= 0.6 is 0 Å². The zero-order valence-corrected chi connectivity index (χ0v) is 17.4. The van der Waals surface area contributed by atoms with E-state index in [1.165, 1.54) is 4.90 Å². The number of fused-ring (bicyclic) bond motifs is 1. The fraction of sp³-hybridized carbons (Fsp3) is 0.200. The number of benzene rings is 3. The summed E-state index contributed by atoms with van der Waals surface area (Å²) in [7, 11) is 0. The van der Waals surface area contributed by atoms with Gasteiger partial charge in [0.15, 0.2) is 11.4 Å². The van der Waals surface area contributed by atoms with Crippen molar-refractivity contribution in [3.05, 3.63) is 89.5 Å². The van der Waals surface area contributed by atoms with Gasteiger partial charge in [0.2, 0.25) is 0 Å². The van der Waals surface area contributed by atoms with Crippen LogP contribution < -0.4 is 9.64 Å². The average Bonchev–Trinajstić information content (AvgIpc) is 3.44. The third-order valence-corrected chi connectivity index (χ3v) is 5.26. The minimum atomic E-state index is -0.425. The molecule has 0 saturated carbocycles. The number of carbonyl (C=O) groups excluding carboxylic acids is 1. The standard InChI is InChI=1S/C25H22N2O5/c28-25-27(11-12-30-25)24-21-13-20(17-29-15-18-7-3-1-4-8-18)22(14-23(21)32-26-24)31-16-19-9-5-2-6-10-19/h1-10,13-14H,11-12,15-17H2. The minimum absolute atomic E-state index is 0.332. The number of cyclic esters (lactones) is 1. The third kappa shape index (κ3) is 4.29. The Bertz CT molecular complexity index is 1210. The van der Waals surface area contributed by atoms with Gasteiger partial charge in [0.1, 0.15) is 19.0 Å². The second-order valence-electron chi connectivity index (χ2n) is 7.48.